The van der Waals surface area contributed by atoms with Gasteiger partial charge >= 0.3 is 0 Å². The fourth-order valence-corrected chi connectivity index (χ4v) is 3.51. The number of anilines is 2. The number of rotatable bonds is 4. The van der Waals surface area contributed by atoms with Crippen molar-refractivity contribution < 1.29 is 4.79 Å². The lowest BCUT2D eigenvalue weighted by Crippen LogP contribution is -2.13. The maximum absolute atomic E-state index is 11.8. The van der Waals surface area contributed by atoms with E-state index in [1.165, 1.54) is 23.1 Å². The van der Waals surface area contributed by atoms with Gasteiger partial charge < -0.3 is 11.1 Å². The molecule has 0 fully saturated rings. The maximum Gasteiger partial charge on any atom is 0.236 e. The van der Waals surface area contributed by atoms with E-state index in [9.17, 15) is 4.79 Å². The van der Waals surface area contributed by atoms with Crippen LogP contribution in [0.1, 0.15) is 5.69 Å². The molecule has 0 unspecified atom stereocenters. The predicted molar refractivity (Wildman–Crippen MR) is 84.8 cm³/mol. The van der Waals surface area contributed by atoms with Crippen LogP contribution in [0, 0.1) is 6.92 Å². The van der Waals surface area contributed by atoms with Gasteiger partial charge in [0.2, 0.25) is 5.91 Å². The topological polar surface area (TPSA) is 68.0 Å². The lowest BCUT2D eigenvalue weighted by Gasteiger charge is -2.05. The van der Waals surface area contributed by atoms with E-state index in [0.29, 0.717) is 16.6 Å². The average Bonchev–Trinajstić information content (AvgIpc) is 2.73. The van der Waals surface area contributed by atoms with E-state index < -0.39 is 0 Å². The monoisotopic (exact) mass is 357 g/mol. The predicted octanol–water partition coefficient (Wildman–Crippen LogP) is 3.53. The summed E-state index contributed by atoms with van der Waals surface area (Å²) >= 11 is 6.30. The Morgan fingerprint density at radius 1 is 1.58 bits per heavy atom. The third kappa shape index (κ3) is 4.22. The number of nitrogens with one attached hydrogen (secondary N) is 1. The van der Waals surface area contributed by atoms with Gasteiger partial charge in [-0.2, -0.15) is 0 Å². The van der Waals surface area contributed by atoms with Crippen LogP contribution in [0.3, 0.4) is 0 Å². The Balaban J connectivity index is 1.89. The van der Waals surface area contributed by atoms with Crippen LogP contribution < -0.4 is 11.1 Å². The van der Waals surface area contributed by atoms with Gasteiger partial charge in [-0.05, 0) is 41.1 Å². The van der Waals surface area contributed by atoms with Crippen LogP contribution >= 0.6 is 39.0 Å². The molecule has 1 aromatic heterocycles. The minimum absolute atomic E-state index is 0.0666. The van der Waals surface area contributed by atoms with Crippen molar-refractivity contribution in [2.24, 2.45) is 0 Å². The first-order chi connectivity index (χ1) is 9.04. The molecule has 3 N–H and O–H groups in total. The molecule has 19 heavy (non-hydrogen) atoms. The van der Waals surface area contributed by atoms with Crippen LogP contribution in [0.5, 0.6) is 0 Å². The number of nitrogens with two attached hydrogens (primary N) is 1. The highest BCUT2D eigenvalue weighted by Crippen LogP contribution is 2.29. The van der Waals surface area contributed by atoms with Crippen molar-refractivity contribution >= 4 is 55.8 Å². The number of nitrogen functional groups attached to an aromatic ring is 1. The van der Waals surface area contributed by atoms with Crippen LogP contribution in [0.25, 0.3) is 0 Å². The summed E-state index contributed by atoms with van der Waals surface area (Å²) in [6, 6.07) is 5.53. The number of hydrogen-bond donors (Lipinski definition) is 2. The third-order valence-electron chi connectivity index (χ3n) is 2.18. The Bertz CT molecular complexity index is 600. The molecule has 0 spiro atoms. The number of aryl methyl sites for hydroxylation is 1. The van der Waals surface area contributed by atoms with Gasteiger partial charge in [0.25, 0.3) is 0 Å². The normalized spacial score (nSPS) is 10.4. The third-order valence-corrected chi connectivity index (χ3v) is 5.05. The van der Waals surface area contributed by atoms with Crippen molar-refractivity contribution in [3.05, 3.63) is 33.7 Å². The lowest BCUT2D eigenvalue weighted by atomic mass is 10.3. The highest BCUT2D eigenvalue weighted by Gasteiger charge is 2.08. The van der Waals surface area contributed by atoms with Crippen molar-refractivity contribution in [3.8, 4) is 0 Å². The van der Waals surface area contributed by atoms with Gasteiger partial charge in [0, 0.05) is 20.4 Å². The highest BCUT2D eigenvalue weighted by molar-refractivity contribution is 9.10. The molecule has 0 aliphatic heterocycles. The minimum atomic E-state index is -0.0666. The zero-order chi connectivity index (χ0) is 13.8. The van der Waals surface area contributed by atoms with Gasteiger partial charge in [-0.1, -0.05) is 0 Å². The molecule has 0 bridgehead atoms. The molecular formula is C12H12BrN3OS2. The van der Waals surface area contributed by atoms with Gasteiger partial charge in [-0.3, -0.25) is 4.79 Å². The summed E-state index contributed by atoms with van der Waals surface area (Å²) in [4.78, 5) is 16.9. The van der Waals surface area contributed by atoms with Gasteiger partial charge in [0.05, 0.1) is 11.4 Å². The summed E-state index contributed by atoms with van der Waals surface area (Å²) in [5.41, 5.74) is 7.27. The minimum Gasteiger partial charge on any atom is -0.399 e. The van der Waals surface area contributed by atoms with E-state index >= 15 is 0 Å². The Labute approximate surface area is 127 Å². The summed E-state index contributed by atoms with van der Waals surface area (Å²) in [6.45, 7) is 1.90. The molecule has 0 aliphatic rings. The van der Waals surface area contributed by atoms with E-state index in [2.05, 4.69) is 26.2 Å². The molecule has 2 rings (SSSR count). The van der Waals surface area contributed by atoms with Crippen molar-refractivity contribution in [1.82, 2.24) is 4.98 Å². The second-order valence-electron chi connectivity index (χ2n) is 3.82. The number of aromatic nitrogens is 1. The standard InChI is InChI=1S/C12H12BrN3OS2/c1-7-5-19-12(15-7)16-11(17)6-18-10-3-2-8(14)4-9(10)13/h2-5H,6,14H2,1H3,(H,15,16,17). The van der Waals surface area contributed by atoms with Gasteiger partial charge in [-0.25, -0.2) is 4.98 Å². The Kier molecular flexibility index (Phi) is 4.84. The van der Waals surface area contributed by atoms with Crippen LogP contribution in [0.15, 0.2) is 32.9 Å². The molecule has 0 saturated carbocycles. The summed E-state index contributed by atoms with van der Waals surface area (Å²) in [5, 5.41) is 5.31. The molecule has 7 heteroatoms. The molecule has 0 atom stereocenters. The Morgan fingerprint density at radius 3 is 3.00 bits per heavy atom. The van der Waals surface area contributed by atoms with E-state index in [1.807, 2.05) is 30.5 Å². The van der Waals surface area contributed by atoms with Gasteiger partial charge in [-0.15, -0.1) is 23.1 Å². The van der Waals surface area contributed by atoms with Crippen molar-refractivity contribution in [3.63, 3.8) is 0 Å². The smallest absolute Gasteiger partial charge is 0.236 e. The van der Waals surface area contributed by atoms with E-state index in [1.54, 1.807) is 0 Å². The molecular weight excluding hydrogens is 346 g/mol. The average molecular weight is 358 g/mol. The Hall–Kier alpha value is -1.05. The molecule has 100 valence electrons. The number of carbonyl (C=O) groups excluding carboxylic acids is 1. The first-order valence-corrected chi connectivity index (χ1v) is 8.10. The molecule has 0 radical (unpaired) electrons. The summed E-state index contributed by atoms with van der Waals surface area (Å²) in [5.74, 6) is 0.268. The van der Waals surface area contributed by atoms with Crippen LogP contribution in [-0.4, -0.2) is 16.6 Å². The fourth-order valence-electron chi connectivity index (χ4n) is 1.34. The molecule has 1 amide bonds. The number of hydrogen-bond acceptors (Lipinski definition) is 5. The van der Waals surface area contributed by atoms with Gasteiger partial charge in [0.15, 0.2) is 5.13 Å². The molecule has 2 aromatic rings. The maximum atomic E-state index is 11.8. The van der Waals surface area contributed by atoms with Crippen LogP contribution in [0.4, 0.5) is 10.8 Å². The molecule has 1 aromatic carbocycles. The number of carbonyl (C=O) groups is 1. The second kappa shape index (κ2) is 6.40. The number of amides is 1. The van der Waals surface area contributed by atoms with Crippen LogP contribution in [0.2, 0.25) is 0 Å². The Morgan fingerprint density at radius 2 is 2.37 bits per heavy atom. The zero-order valence-corrected chi connectivity index (χ0v) is 13.4. The number of halogens is 1. The number of benzene rings is 1. The highest BCUT2D eigenvalue weighted by atomic mass is 79.9. The second-order valence-corrected chi connectivity index (χ2v) is 6.55. The van der Waals surface area contributed by atoms with Crippen molar-refractivity contribution in [1.29, 1.82) is 0 Å². The first kappa shape index (κ1) is 14.4. The SMILES string of the molecule is Cc1csc(NC(=O)CSc2ccc(N)cc2Br)n1. The quantitative estimate of drug-likeness (QED) is 0.648. The summed E-state index contributed by atoms with van der Waals surface area (Å²) < 4.78 is 0.899. The van der Waals surface area contributed by atoms with Crippen molar-refractivity contribution in [2.75, 3.05) is 16.8 Å². The number of thioether (sulfide) groups is 1. The fraction of sp³-hybridized carbons (Fsp3) is 0.167. The lowest BCUT2D eigenvalue weighted by molar-refractivity contribution is -0.113. The van der Waals surface area contributed by atoms with E-state index in [0.717, 1.165) is 15.1 Å². The van der Waals surface area contributed by atoms with Crippen LogP contribution in [-0.2, 0) is 4.79 Å². The number of thiazole rings is 1. The molecule has 0 saturated heterocycles. The first-order valence-electron chi connectivity index (χ1n) is 5.44. The largest absolute Gasteiger partial charge is 0.399 e. The van der Waals surface area contributed by atoms with E-state index in [-0.39, 0.29) is 5.91 Å². The molecule has 0 aliphatic carbocycles. The molecule has 1 heterocycles. The number of nitrogens with zero attached hydrogens (tertiary/aromatic N) is 1. The summed E-state index contributed by atoms with van der Waals surface area (Å²) in [7, 11) is 0. The molecule has 4 nitrogen and oxygen atoms in total. The van der Waals surface area contributed by atoms with E-state index in [4.69, 9.17) is 5.73 Å². The zero-order valence-electron chi connectivity index (χ0n) is 10.1. The van der Waals surface area contributed by atoms with Gasteiger partial charge in [0.1, 0.15) is 0 Å². The summed E-state index contributed by atoms with van der Waals surface area (Å²) in [6.07, 6.45) is 0. The van der Waals surface area contributed by atoms with Crippen molar-refractivity contribution in [2.45, 2.75) is 11.8 Å².